The Bertz CT molecular complexity index is 1590. The van der Waals surface area contributed by atoms with Crippen LogP contribution in [0.5, 0.6) is 0 Å². The quantitative estimate of drug-likeness (QED) is 0.370. The molecule has 0 fully saturated rings. The van der Waals surface area contributed by atoms with E-state index in [4.69, 9.17) is 21.0 Å². The molecule has 5 N–H and O–H groups in total. The van der Waals surface area contributed by atoms with Crippen LogP contribution in [0.25, 0.3) is 33.4 Å². The molecule has 3 aromatic heterocycles. The normalized spacial score (nSPS) is 13.5. The third-order valence-electron chi connectivity index (χ3n) is 6.12. The Kier molecular flexibility index (Phi) is 4.37. The molecule has 1 amide bonds. The molecule has 0 saturated carbocycles. The van der Waals surface area contributed by atoms with E-state index in [0.29, 0.717) is 59.7 Å². The van der Waals surface area contributed by atoms with Crippen LogP contribution >= 0.6 is 0 Å². The Morgan fingerprint density at radius 3 is 2.85 bits per heavy atom. The van der Waals surface area contributed by atoms with Crippen molar-refractivity contribution in [2.75, 3.05) is 18.0 Å². The van der Waals surface area contributed by atoms with Crippen molar-refractivity contribution >= 4 is 40.1 Å². The molecule has 0 aliphatic carbocycles. The van der Waals surface area contributed by atoms with Gasteiger partial charge in [-0.05, 0) is 41.3 Å². The SMILES string of the molecule is Nc1nc2cc(-c3nn(Cc4ccc5c(c4)CCN(C(=O)O)C5)c4ncnc(N)c34)ccc2o1. The molecule has 170 valence electrons. The number of nitrogen functional groups attached to an aromatic ring is 2. The summed E-state index contributed by atoms with van der Waals surface area (Å²) in [6.45, 7) is 1.36. The van der Waals surface area contributed by atoms with Gasteiger partial charge in [0.25, 0.3) is 6.01 Å². The van der Waals surface area contributed by atoms with Crippen molar-refractivity contribution in [1.29, 1.82) is 0 Å². The molecule has 0 radical (unpaired) electrons. The monoisotopic (exact) mass is 456 g/mol. The number of nitrogens with two attached hydrogens (primary N) is 2. The second-order valence-electron chi connectivity index (χ2n) is 8.26. The number of aromatic nitrogens is 5. The van der Waals surface area contributed by atoms with E-state index in [2.05, 4.69) is 21.0 Å². The van der Waals surface area contributed by atoms with Crippen molar-refractivity contribution in [3.05, 3.63) is 59.4 Å². The molecule has 4 heterocycles. The van der Waals surface area contributed by atoms with Gasteiger partial charge in [-0.2, -0.15) is 10.1 Å². The first-order valence-corrected chi connectivity index (χ1v) is 10.7. The largest absolute Gasteiger partial charge is 0.465 e. The van der Waals surface area contributed by atoms with Gasteiger partial charge in [0.2, 0.25) is 0 Å². The van der Waals surface area contributed by atoms with Crippen LogP contribution < -0.4 is 11.5 Å². The van der Waals surface area contributed by atoms with Gasteiger partial charge in [0, 0.05) is 18.7 Å². The highest BCUT2D eigenvalue weighted by Crippen LogP contribution is 2.32. The zero-order valence-corrected chi connectivity index (χ0v) is 18.0. The van der Waals surface area contributed by atoms with Crippen LogP contribution in [-0.2, 0) is 19.5 Å². The van der Waals surface area contributed by atoms with E-state index in [1.165, 1.54) is 11.2 Å². The van der Waals surface area contributed by atoms with Gasteiger partial charge in [0.05, 0.1) is 11.9 Å². The number of rotatable bonds is 3. The van der Waals surface area contributed by atoms with Crippen LogP contribution in [-0.4, -0.2) is 47.4 Å². The van der Waals surface area contributed by atoms with Crippen LogP contribution in [0.4, 0.5) is 16.6 Å². The Balaban J connectivity index is 1.40. The molecule has 0 unspecified atom stereocenters. The lowest BCUT2D eigenvalue weighted by atomic mass is 9.97. The summed E-state index contributed by atoms with van der Waals surface area (Å²) in [5.74, 6) is 0.338. The molecule has 11 nitrogen and oxygen atoms in total. The number of nitrogens with zero attached hydrogens (tertiary/aromatic N) is 6. The smallest absolute Gasteiger partial charge is 0.407 e. The van der Waals surface area contributed by atoms with Crippen molar-refractivity contribution in [3.63, 3.8) is 0 Å². The van der Waals surface area contributed by atoms with E-state index in [9.17, 15) is 9.90 Å². The molecular weight excluding hydrogens is 436 g/mol. The molecule has 1 aliphatic rings. The minimum atomic E-state index is -0.894. The van der Waals surface area contributed by atoms with Crippen molar-refractivity contribution in [2.24, 2.45) is 0 Å². The van der Waals surface area contributed by atoms with E-state index in [1.807, 2.05) is 24.3 Å². The fourth-order valence-electron chi connectivity index (χ4n) is 4.48. The van der Waals surface area contributed by atoms with Crippen LogP contribution in [0.2, 0.25) is 0 Å². The summed E-state index contributed by atoms with van der Waals surface area (Å²) in [6.07, 6.45) is 1.21. The summed E-state index contributed by atoms with van der Waals surface area (Å²) in [7, 11) is 0. The average Bonchev–Trinajstić information content (AvgIpc) is 3.38. The van der Waals surface area contributed by atoms with E-state index in [0.717, 1.165) is 22.3 Å². The second-order valence-corrected chi connectivity index (χ2v) is 8.26. The number of amides is 1. The minimum absolute atomic E-state index is 0.101. The van der Waals surface area contributed by atoms with Crippen LogP contribution in [0.15, 0.2) is 47.1 Å². The van der Waals surface area contributed by atoms with Gasteiger partial charge in [0.1, 0.15) is 23.4 Å². The molecule has 34 heavy (non-hydrogen) atoms. The second kappa shape index (κ2) is 7.44. The van der Waals surface area contributed by atoms with Gasteiger partial charge in [0.15, 0.2) is 11.2 Å². The predicted molar refractivity (Wildman–Crippen MR) is 125 cm³/mol. The van der Waals surface area contributed by atoms with E-state index in [-0.39, 0.29) is 6.01 Å². The molecule has 0 spiro atoms. The molecule has 6 rings (SSSR count). The highest BCUT2D eigenvalue weighted by atomic mass is 16.4. The van der Waals surface area contributed by atoms with E-state index in [1.54, 1.807) is 10.7 Å². The van der Waals surface area contributed by atoms with E-state index < -0.39 is 6.09 Å². The van der Waals surface area contributed by atoms with Gasteiger partial charge in [-0.3, -0.25) is 0 Å². The molecule has 0 saturated heterocycles. The molecule has 5 aromatic rings. The first-order chi connectivity index (χ1) is 16.5. The number of fused-ring (bicyclic) bond motifs is 3. The topological polar surface area (TPSA) is 162 Å². The number of carboxylic acid groups (broad SMARTS) is 1. The van der Waals surface area contributed by atoms with Gasteiger partial charge < -0.3 is 25.9 Å². The maximum absolute atomic E-state index is 11.3. The summed E-state index contributed by atoms with van der Waals surface area (Å²) in [5, 5.41) is 14.8. The van der Waals surface area contributed by atoms with Crippen LogP contribution in [0.1, 0.15) is 16.7 Å². The number of hydrogen-bond donors (Lipinski definition) is 3. The predicted octanol–water partition coefficient (Wildman–Crippen LogP) is 2.88. The van der Waals surface area contributed by atoms with Crippen LogP contribution in [0.3, 0.4) is 0 Å². The third kappa shape index (κ3) is 3.25. The molecule has 0 bridgehead atoms. The lowest BCUT2D eigenvalue weighted by molar-refractivity contribution is 0.140. The van der Waals surface area contributed by atoms with E-state index >= 15 is 0 Å². The third-order valence-corrected chi connectivity index (χ3v) is 6.12. The maximum Gasteiger partial charge on any atom is 0.407 e. The number of oxazole rings is 1. The Morgan fingerprint density at radius 1 is 1.12 bits per heavy atom. The molecule has 1 aliphatic heterocycles. The number of carbonyl (C=O) groups is 1. The summed E-state index contributed by atoms with van der Waals surface area (Å²) in [5.41, 5.74) is 18.4. The summed E-state index contributed by atoms with van der Waals surface area (Å²) < 4.78 is 7.18. The first kappa shape index (κ1) is 20.0. The minimum Gasteiger partial charge on any atom is -0.465 e. The van der Waals surface area contributed by atoms with Gasteiger partial charge in [-0.25, -0.2) is 19.4 Å². The highest BCUT2D eigenvalue weighted by Gasteiger charge is 2.21. The van der Waals surface area contributed by atoms with Crippen molar-refractivity contribution in [1.82, 2.24) is 29.6 Å². The van der Waals surface area contributed by atoms with Gasteiger partial charge in [-0.1, -0.05) is 18.2 Å². The van der Waals surface area contributed by atoms with Gasteiger partial charge in [-0.15, -0.1) is 0 Å². The molecular formula is C23H20N8O3. The van der Waals surface area contributed by atoms with Gasteiger partial charge >= 0.3 is 6.09 Å². The molecule has 2 aromatic carbocycles. The maximum atomic E-state index is 11.3. The summed E-state index contributed by atoms with van der Waals surface area (Å²) >= 11 is 0. The summed E-state index contributed by atoms with van der Waals surface area (Å²) in [6, 6.07) is 11.7. The average molecular weight is 456 g/mol. The number of benzene rings is 2. The lowest BCUT2D eigenvalue weighted by Crippen LogP contribution is -2.34. The zero-order chi connectivity index (χ0) is 23.4. The number of hydrogen-bond acceptors (Lipinski definition) is 8. The first-order valence-electron chi connectivity index (χ1n) is 10.7. The van der Waals surface area contributed by atoms with Crippen molar-refractivity contribution in [3.8, 4) is 11.3 Å². The highest BCUT2D eigenvalue weighted by molar-refractivity contribution is 5.99. The fourth-order valence-corrected chi connectivity index (χ4v) is 4.48. The Labute approximate surface area is 192 Å². The standard InChI is InChI=1S/C23H20N8O3/c24-20-18-19(14-3-4-17-16(8-14)28-22(25)34-17)29-31(21(18)27-11-26-20)9-12-1-2-15-10-30(23(32)33)6-5-13(15)7-12/h1-4,7-8,11H,5-6,9-10H2,(H2,25,28)(H,32,33)(H2,24,26,27). The van der Waals surface area contributed by atoms with Crippen molar-refractivity contribution in [2.45, 2.75) is 19.5 Å². The Hall–Kier alpha value is -4.67. The summed E-state index contributed by atoms with van der Waals surface area (Å²) in [4.78, 5) is 25.5. The zero-order valence-electron chi connectivity index (χ0n) is 18.0. The molecule has 0 atom stereocenters. The number of anilines is 2. The van der Waals surface area contributed by atoms with Crippen LogP contribution in [0, 0.1) is 0 Å². The molecule has 11 heteroatoms. The van der Waals surface area contributed by atoms with Crippen molar-refractivity contribution < 1.29 is 14.3 Å². The lowest BCUT2D eigenvalue weighted by Gasteiger charge is -2.26. The Morgan fingerprint density at radius 2 is 2.00 bits per heavy atom. The fraction of sp³-hybridized carbons (Fsp3) is 0.174.